The highest BCUT2D eigenvalue weighted by Gasteiger charge is 2.31. The SMILES string of the molecule is COC(=O)[C@H](C)Sc1nnc(-c2ccncc2)n1-c1cccc(C(F)(F)F)c1. The first-order valence-electron chi connectivity index (χ1n) is 8.09. The number of ether oxygens (including phenoxy) is 1. The van der Waals surface area contributed by atoms with Crippen LogP contribution in [0.3, 0.4) is 0 Å². The summed E-state index contributed by atoms with van der Waals surface area (Å²) in [5.41, 5.74) is 0.0556. The van der Waals surface area contributed by atoms with Crippen LogP contribution in [-0.4, -0.2) is 38.1 Å². The Morgan fingerprint density at radius 1 is 1.18 bits per heavy atom. The van der Waals surface area contributed by atoms with E-state index in [0.29, 0.717) is 11.4 Å². The summed E-state index contributed by atoms with van der Waals surface area (Å²) in [5, 5.41) is 7.85. The molecule has 2 aromatic heterocycles. The molecule has 0 bridgehead atoms. The van der Waals surface area contributed by atoms with E-state index < -0.39 is 23.0 Å². The van der Waals surface area contributed by atoms with E-state index in [2.05, 4.69) is 15.2 Å². The van der Waals surface area contributed by atoms with Crippen LogP contribution in [0.4, 0.5) is 13.2 Å². The molecule has 28 heavy (non-hydrogen) atoms. The van der Waals surface area contributed by atoms with Crippen LogP contribution in [0.25, 0.3) is 17.1 Å². The Hall–Kier alpha value is -2.88. The number of aromatic nitrogens is 4. The van der Waals surface area contributed by atoms with E-state index in [1.165, 1.54) is 23.8 Å². The minimum absolute atomic E-state index is 0.228. The molecule has 146 valence electrons. The van der Waals surface area contributed by atoms with Crippen LogP contribution in [0.2, 0.25) is 0 Å². The lowest BCUT2D eigenvalue weighted by molar-refractivity contribution is -0.139. The van der Waals surface area contributed by atoms with Crippen molar-refractivity contribution in [3.05, 3.63) is 54.4 Å². The average molecular weight is 408 g/mol. The fraction of sp³-hybridized carbons (Fsp3) is 0.222. The van der Waals surface area contributed by atoms with Crippen LogP contribution >= 0.6 is 11.8 Å². The van der Waals surface area contributed by atoms with Crippen LogP contribution < -0.4 is 0 Å². The molecule has 0 aliphatic rings. The Morgan fingerprint density at radius 2 is 1.89 bits per heavy atom. The van der Waals surface area contributed by atoms with Crippen LogP contribution in [0.1, 0.15) is 12.5 Å². The first-order valence-corrected chi connectivity index (χ1v) is 8.97. The van der Waals surface area contributed by atoms with Crippen LogP contribution in [0.5, 0.6) is 0 Å². The zero-order valence-corrected chi connectivity index (χ0v) is 15.7. The number of carbonyl (C=O) groups is 1. The van der Waals surface area contributed by atoms with Crippen LogP contribution in [-0.2, 0) is 15.7 Å². The third-order valence-electron chi connectivity index (χ3n) is 3.82. The molecule has 10 heteroatoms. The van der Waals surface area contributed by atoms with E-state index in [1.807, 2.05) is 0 Å². The number of carbonyl (C=O) groups excluding carboxylic acids is 1. The molecular formula is C18H15F3N4O2S. The summed E-state index contributed by atoms with van der Waals surface area (Å²) < 4.78 is 45.7. The predicted molar refractivity (Wildman–Crippen MR) is 96.9 cm³/mol. The molecule has 0 saturated heterocycles. The Morgan fingerprint density at radius 3 is 2.54 bits per heavy atom. The quantitative estimate of drug-likeness (QED) is 0.470. The highest BCUT2D eigenvalue weighted by Crippen LogP contribution is 2.34. The maximum Gasteiger partial charge on any atom is 0.416 e. The number of alkyl halides is 3. The van der Waals surface area contributed by atoms with E-state index in [-0.39, 0.29) is 10.8 Å². The van der Waals surface area contributed by atoms with Crippen molar-refractivity contribution >= 4 is 17.7 Å². The van der Waals surface area contributed by atoms with Gasteiger partial charge in [0.25, 0.3) is 0 Å². The number of methoxy groups -OCH3 is 1. The van der Waals surface area contributed by atoms with Gasteiger partial charge in [-0.05, 0) is 37.3 Å². The van der Waals surface area contributed by atoms with Crippen molar-refractivity contribution in [2.45, 2.75) is 23.5 Å². The number of thioether (sulfide) groups is 1. The summed E-state index contributed by atoms with van der Waals surface area (Å²) >= 11 is 1.04. The lowest BCUT2D eigenvalue weighted by Crippen LogP contribution is -2.15. The zero-order chi connectivity index (χ0) is 20.3. The summed E-state index contributed by atoms with van der Waals surface area (Å²) in [4.78, 5) is 15.7. The number of pyridine rings is 1. The van der Waals surface area contributed by atoms with Gasteiger partial charge in [-0.3, -0.25) is 14.3 Å². The Balaban J connectivity index is 2.14. The summed E-state index contributed by atoms with van der Waals surface area (Å²) in [5.74, 6) is -0.143. The maximum absolute atomic E-state index is 13.2. The van der Waals surface area contributed by atoms with Gasteiger partial charge in [-0.25, -0.2) is 0 Å². The summed E-state index contributed by atoms with van der Waals surface area (Å²) in [6, 6.07) is 8.19. The molecule has 1 aromatic carbocycles. The molecule has 0 saturated carbocycles. The second-order valence-electron chi connectivity index (χ2n) is 5.71. The fourth-order valence-corrected chi connectivity index (χ4v) is 3.35. The van der Waals surface area contributed by atoms with Gasteiger partial charge < -0.3 is 4.74 Å². The molecule has 0 fully saturated rings. The van der Waals surface area contributed by atoms with E-state index in [0.717, 1.165) is 23.9 Å². The molecule has 0 aliphatic carbocycles. The molecule has 0 unspecified atom stereocenters. The van der Waals surface area contributed by atoms with Gasteiger partial charge in [0, 0.05) is 18.0 Å². The van der Waals surface area contributed by atoms with Crippen LogP contribution in [0.15, 0.2) is 53.9 Å². The molecule has 0 spiro atoms. The largest absolute Gasteiger partial charge is 0.468 e. The molecule has 3 aromatic rings. The van der Waals surface area contributed by atoms with Crippen molar-refractivity contribution in [2.24, 2.45) is 0 Å². The lowest BCUT2D eigenvalue weighted by atomic mass is 10.2. The van der Waals surface area contributed by atoms with Gasteiger partial charge in [0.05, 0.1) is 18.4 Å². The third kappa shape index (κ3) is 4.16. The van der Waals surface area contributed by atoms with Crippen molar-refractivity contribution in [2.75, 3.05) is 7.11 Å². The van der Waals surface area contributed by atoms with Gasteiger partial charge >= 0.3 is 12.1 Å². The van der Waals surface area contributed by atoms with E-state index >= 15 is 0 Å². The molecule has 2 heterocycles. The van der Waals surface area contributed by atoms with Gasteiger partial charge in [-0.15, -0.1) is 10.2 Å². The minimum atomic E-state index is -4.49. The first-order chi connectivity index (χ1) is 13.3. The number of benzene rings is 1. The topological polar surface area (TPSA) is 69.9 Å². The highest BCUT2D eigenvalue weighted by molar-refractivity contribution is 8.00. The molecule has 0 aliphatic heterocycles. The van der Waals surface area contributed by atoms with Crippen molar-refractivity contribution in [3.63, 3.8) is 0 Å². The Kier molecular flexibility index (Phi) is 5.68. The number of halogens is 3. The van der Waals surface area contributed by atoms with Crippen molar-refractivity contribution in [3.8, 4) is 17.1 Å². The number of hydrogen-bond donors (Lipinski definition) is 0. The van der Waals surface area contributed by atoms with Gasteiger partial charge in [0.15, 0.2) is 11.0 Å². The number of rotatable bonds is 5. The van der Waals surface area contributed by atoms with Crippen molar-refractivity contribution in [1.29, 1.82) is 0 Å². The van der Waals surface area contributed by atoms with Crippen LogP contribution in [0, 0.1) is 0 Å². The van der Waals surface area contributed by atoms with Gasteiger partial charge in [-0.2, -0.15) is 13.2 Å². The Labute approximate surface area is 162 Å². The number of hydrogen-bond acceptors (Lipinski definition) is 6. The monoisotopic (exact) mass is 408 g/mol. The summed E-state index contributed by atoms with van der Waals surface area (Å²) in [6.07, 6.45) is -1.40. The molecule has 0 amide bonds. The smallest absolute Gasteiger partial charge is 0.416 e. The maximum atomic E-state index is 13.2. The molecule has 6 nitrogen and oxygen atoms in total. The summed E-state index contributed by atoms with van der Waals surface area (Å²) in [7, 11) is 1.26. The average Bonchev–Trinajstić information content (AvgIpc) is 3.11. The molecule has 3 rings (SSSR count). The molecule has 0 radical (unpaired) electrons. The van der Waals surface area contributed by atoms with Gasteiger partial charge in [0.1, 0.15) is 5.25 Å². The molecule has 1 atom stereocenters. The van der Waals surface area contributed by atoms with E-state index in [4.69, 9.17) is 4.74 Å². The van der Waals surface area contributed by atoms with E-state index in [9.17, 15) is 18.0 Å². The number of nitrogens with zero attached hydrogens (tertiary/aromatic N) is 4. The van der Waals surface area contributed by atoms with Gasteiger partial charge in [-0.1, -0.05) is 17.8 Å². The van der Waals surface area contributed by atoms with Crippen molar-refractivity contribution in [1.82, 2.24) is 19.7 Å². The van der Waals surface area contributed by atoms with Crippen molar-refractivity contribution < 1.29 is 22.7 Å². The molecule has 0 N–H and O–H groups in total. The second kappa shape index (κ2) is 8.01. The zero-order valence-electron chi connectivity index (χ0n) is 14.8. The summed E-state index contributed by atoms with van der Waals surface area (Å²) in [6.45, 7) is 1.62. The highest BCUT2D eigenvalue weighted by atomic mass is 32.2. The Bertz CT molecular complexity index is 976. The van der Waals surface area contributed by atoms with Gasteiger partial charge in [0.2, 0.25) is 0 Å². The standard InChI is InChI=1S/C18H15F3N4O2S/c1-11(16(26)27-2)28-17-24-23-15(12-6-8-22-9-7-12)25(17)14-5-3-4-13(10-14)18(19,20)21/h3-11H,1-2H3/t11-/m0/s1. The fourth-order valence-electron chi connectivity index (χ4n) is 2.46. The second-order valence-corrected chi connectivity index (χ2v) is 7.02. The lowest BCUT2D eigenvalue weighted by Gasteiger charge is -2.14. The third-order valence-corrected chi connectivity index (χ3v) is 4.84. The predicted octanol–water partition coefficient (Wildman–Crippen LogP) is 4.00. The first kappa shape index (κ1) is 19.9. The minimum Gasteiger partial charge on any atom is -0.468 e. The van der Waals surface area contributed by atoms with E-state index in [1.54, 1.807) is 31.5 Å². The molecular weight excluding hydrogens is 393 g/mol. The normalized spacial score (nSPS) is 12.6. The number of esters is 1.